The molecule has 94 valence electrons. The summed E-state index contributed by atoms with van der Waals surface area (Å²) in [5.41, 5.74) is 1.17. The summed E-state index contributed by atoms with van der Waals surface area (Å²) in [5.74, 6) is 0. The molecule has 0 aromatic heterocycles. The van der Waals surface area contributed by atoms with Crippen LogP contribution in [0.15, 0.2) is 30.3 Å². The first kappa shape index (κ1) is 14.8. The molecule has 0 N–H and O–H groups in total. The maximum Gasteiger partial charge on any atom is 0.490 e. The third kappa shape index (κ3) is 5.27. The molecule has 0 spiro atoms. The molecule has 3 nitrogen and oxygen atoms in total. The molecule has 0 unspecified atom stereocenters. The van der Waals surface area contributed by atoms with Gasteiger partial charge in [-0.25, -0.2) is 0 Å². The summed E-state index contributed by atoms with van der Waals surface area (Å²) in [6.45, 7) is 4.43. The lowest BCUT2D eigenvalue weighted by Crippen LogP contribution is -2.39. The highest BCUT2D eigenvalue weighted by Crippen LogP contribution is 2.18. The highest BCUT2D eigenvalue weighted by Gasteiger charge is 2.22. The average molecular weight is 347 g/mol. The third-order valence-corrected chi connectivity index (χ3v) is 3.36. The SMILES string of the molecule is CCCOB(I)N(CCOC)c1ccccc1. The van der Waals surface area contributed by atoms with Gasteiger partial charge in [-0.05, 0) is 18.6 Å². The lowest BCUT2D eigenvalue weighted by Gasteiger charge is -2.27. The van der Waals surface area contributed by atoms with Crippen molar-refractivity contribution in [2.24, 2.45) is 0 Å². The fourth-order valence-electron chi connectivity index (χ4n) is 1.46. The van der Waals surface area contributed by atoms with Gasteiger partial charge in [0.25, 0.3) is 0 Å². The molecule has 1 rings (SSSR count). The number of halogens is 1. The van der Waals surface area contributed by atoms with Crippen LogP contribution in [0.4, 0.5) is 5.69 Å². The number of para-hydroxylation sites is 1. The molecule has 0 atom stereocenters. The van der Waals surface area contributed by atoms with Crippen LogP contribution in [0.5, 0.6) is 0 Å². The first-order chi connectivity index (χ1) is 8.29. The Hall–Kier alpha value is -0.265. The standard InChI is InChI=1S/C12H19BINO2/c1-3-10-17-13(14)15(9-11-16-2)12-7-5-4-6-8-12/h4-8H,3,9-11H2,1-2H3. The number of rotatable bonds is 8. The fourth-order valence-corrected chi connectivity index (χ4v) is 2.32. The third-order valence-electron chi connectivity index (χ3n) is 2.33. The van der Waals surface area contributed by atoms with Crippen molar-refractivity contribution in [3.8, 4) is 0 Å². The summed E-state index contributed by atoms with van der Waals surface area (Å²) < 4.78 is 10.9. The largest absolute Gasteiger partial charge is 0.490 e. The summed E-state index contributed by atoms with van der Waals surface area (Å²) in [4.78, 5) is 2.25. The molecule has 5 heteroatoms. The van der Waals surface area contributed by atoms with Crippen molar-refractivity contribution >= 4 is 33.0 Å². The van der Waals surface area contributed by atoms with Crippen molar-refractivity contribution in [1.29, 1.82) is 0 Å². The zero-order valence-corrected chi connectivity index (χ0v) is 12.6. The predicted octanol–water partition coefficient (Wildman–Crippen LogP) is 2.99. The van der Waals surface area contributed by atoms with Crippen LogP contribution >= 0.6 is 22.4 Å². The molecule has 0 heterocycles. The lowest BCUT2D eigenvalue weighted by molar-refractivity contribution is 0.207. The summed E-state index contributed by atoms with van der Waals surface area (Å²) in [6.07, 6.45) is 1.03. The van der Waals surface area contributed by atoms with Gasteiger partial charge >= 0.3 is 4.91 Å². The second-order valence-corrected chi connectivity index (χ2v) is 4.75. The van der Waals surface area contributed by atoms with Crippen molar-refractivity contribution < 1.29 is 9.39 Å². The second kappa shape index (κ2) is 8.77. The van der Waals surface area contributed by atoms with Crippen molar-refractivity contribution in [3.05, 3.63) is 30.3 Å². The first-order valence-corrected chi connectivity index (χ1v) is 7.10. The monoisotopic (exact) mass is 347 g/mol. The molecule has 1 aromatic rings. The molecule has 0 saturated heterocycles. The molecule has 0 fully saturated rings. The second-order valence-electron chi connectivity index (χ2n) is 3.68. The van der Waals surface area contributed by atoms with Gasteiger partial charge in [0.1, 0.15) is 0 Å². The van der Waals surface area contributed by atoms with E-state index in [9.17, 15) is 0 Å². The van der Waals surface area contributed by atoms with E-state index >= 15 is 0 Å². The van der Waals surface area contributed by atoms with E-state index in [0.29, 0.717) is 6.61 Å². The Morgan fingerprint density at radius 2 is 1.94 bits per heavy atom. The van der Waals surface area contributed by atoms with Crippen LogP contribution in [0.3, 0.4) is 0 Å². The maximum absolute atomic E-state index is 5.76. The van der Waals surface area contributed by atoms with E-state index in [1.54, 1.807) is 7.11 Å². The van der Waals surface area contributed by atoms with Gasteiger partial charge < -0.3 is 14.2 Å². The van der Waals surface area contributed by atoms with E-state index < -0.39 is 0 Å². The molecule has 0 aliphatic heterocycles. The van der Waals surface area contributed by atoms with E-state index in [1.165, 1.54) is 5.69 Å². The Kier molecular flexibility index (Phi) is 7.63. The Balaban J connectivity index is 2.66. The number of hydrogen-bond acceptors (Lipinski definition) is 3. The van der Waals surface area contributed by atoms with Crippen LogP contribution in [-0.2, 0) is 9.39 Å². The number of benzene rings is 1. The number of nitrogens with zero attached hydrogens (tertiary/aromatic N) is 1. The highest BCUT2D eigenvalue weighted by atomic mass is 127. The average Bonchev–Trinajstić information content (AvgIpc) is 2.38. The normalized spacial score (nSPS) is 10.3. The number of methoxy groups -OCH3 is 1. The molecule has 0 aliphatic rings. The minimum absolute atomic E-state index is 0.0464. The van der Waals surface area contributed by atoms with Crippen molar-refractivity contribution in [2.45, 2.75) is 13.3 Å². The van der Waals surface area contributed by atoms with Crippen LogP contribution in [-0.4, -0.2) is 31.8 Å². The van der Waals surface area contributed by atoms with Gasteiger partial charge in [0, 0.05) is 25.9 Å². The Bertz CT molecular complexity index is 300. The van der Waals surface area contributed by atoms with Gasteiger partial charge in [0.05, 0.1) is 6.61 Å². The molecule has 0 amide bonds. The van der Waals surface area contributed by atoms with Gasteiger partial charge in [0.15, 0.2) is 0 Å². The van der Waals surface area contributed by atoms with Crippen molar-refractivity contribution in [3.63, 3.8) is 0 Å². The number of hydrogen-bond donors (Lipinski definition) is 0. The maximum atomic E-state index is 5.76. The molecule has 0 saturated carbocycles. The van der Waals surface area contributed by atoms with E-state index in [-0.39, 0.29) is 4.91 Å². The van der Waals surface area contributed by atoms with Crippen molar-refractivity contribution in [1.82, 2.24) is 0 Å². The number of anilines is 1. The smallest absolute Gasteiger partial charge is 0.408 e. The van der Waals surface area contributed by atoms with Crippen LogP contribution in [0.1, 0.15) is 13.3 Å². The topological polar surface area (TPSA) is 21.7 Å². The van der Waals surface area contributed by atoms with Crippen molar-refractivity contribution in [2.75, 3.05) is 31.7 Å². The van der Waals surface area contributed by atoms with Gasteiger partial charge in [-0.2, -0.15) is 0 Å². The summed E-state index contributed by atoms with van der Waals surface area (Å²) in [5, 5.41) is 0. The van der Waals surface area contributed by atoms with E-state index in [0.717, 1.165) is 19.6 Å². The lowest BCUT2D eigenvalue weighted by atomic mass is 10.1. The van der Waals surface area contributed by atoms with Crippen LogP contribution < -0.4 is 4.81 Å². The summed E-state index contributed by atoms with van der Waals surface area (Å²) >= 11 is 2.32. The van der Waals surface area contributed by atoms with Gasteiger partial charge in [0.2, 0.25) is 0 Å². The Morgan fingerprint density at radius 3 is 2.53 bits per heavy atom. The Labute approximate surface area is 117 Å². The molecular weight excluding hydrogens is 328 g/mol. The molecule has 17 heavy (non-hydrogen) atoms. The van der Waals surface area contributed by atoms with E-state index in [4.69, 9.17) is 9.39 Å². The minimum Gasteiger partial charge on any atom is -0.408 e. The van der Waals surface area contributed by atoms with Gasteiger partial charge in [-0.1, -0.05) is 47.5 Å². The number of ether oxygens (including phenoxy) is 1. The van der Waals surface area contributed by atoms with E-state index in [1.807, 2.05) is 18.2 Å². The zero-order chi connectivity index (χ0) is 12.5. The molecule has 0 bridgehead atoms. The minimum atomic E-state index is 0.0464. The molecule has 1 aromatic carbocycles. The summed E-state index contributed by atoms with van der Waals surface area (Å²) in [7, 11) is 1.72. The van der Waals surface area contributed by atoms with Crippen LogP contribution in [0.25, 0.3) is 0 Å². The Morgan fingerprint density at radius 1 is 1.24 bits per heavy atom. The van der Waals surface area contributed by atoms with Crippen LogP contribution in [0.2, 0.25) is 0 Å². The first-order valence-electron chi connectivity index (χ1n) is 5.86. The van der Waals surface area contributed by atoms with E-state index in [2.05, 4.69) is 46.2 Å². The predicted molar refractivity (Wildman–Crippen MR) is 81.7 cm³/mol. The summed E-state index contributed by atoms with van der Waals surface area (Å²) in [6, 6.07) is 10.3. The zero-order valence-electron chi connectivity index (χ0n) is 10.4. The highest BCUT2D eigenvalue weighted by molar-refractivity contribution is 14.1. The molecule has 0 radical (unpaired) electrons. The van der Waals surface area contributed by atoms with Gasteiger partial charge in [-0.3, -0.25) is 0 Å². The fraction of sp³-hybridized carbons (Fsp3) is 0.500. The van der Waals surface area contributed by atoms with Crippen LogP contribution in [0, 0.1) is 0 Å². The quantitative estimate of drug-likeness (QED) is 0.533. The molecular formula is C12H19BINO2. The van der Waals surface area contributed by atoms with Gasteiger partial charge in [-0.15, -0.1) is 0 Å². The molecule has 0 aliphatic carbocycles.